The van der Waals surface area contributed by atoms with Crippen molar-refractivity contribution >= 4 is 31.7 Å². The summed E-state index contributed by atoms with van der Waals surface area (Å²) < 4.78 is 41.6. The van der Waals surface area contributed by atoms with Crippen LogP contribution >= 0.6 is 10.7 Å². The van der Waals surface area contributed by atoms with E-state index in [0.29, 0.717) is 26.2 Å². The molecule has 0 heterocycles. The van der Waals surface area contributed by atoms with E-state index in [9.17, 15) is 18.0 Å². The molecule has 0 aliphatic carbocycles. The van der Waals surface area contributed by atoms with Crippen molar-refractivity contribution in [2.45, 2.75) is 98.2 Å². The van der Waals surface area contributed by atoms with Gasteiger partial charge in [0.15, 0.2) is 0 Å². The lowest BCUT2D eigenvalue weighted by Crippen LogP contribution is -2.24. The molecule has 0 spiro atoms. The van der Waals surface area contributed by atoms with Crippen LogP contribution in [0.15, 0.2) is 29.2 Å². The lowest BCUT2D eigenvalue weighted by molar-refractivity contribution is -0.157. The van der Waals surface area contributed by atoms with Crippen LogP contribution in [-0.4, -0.2) is 69.7 Å². The van der Waals surface area contributed by atoms with E-state index in [1.807, 2.05) is 55.4 Å². The molecule has 38 heavy (non-hydrogen) atoms. The van der Waals surface area contributed by atoms with Crippen LogP contribution in [0.5, 0.6) is 0 Å². The lowest BCUT2D eigenvalue weighted by atomic mass is 10.2. The van der Waals surface area contributed by atoms with Crippen LogP contribution in [0.2, 0.25) is 0 Å². The Balaban J connectivity index is -0.000000479. The van der Waals surface area contributed by atoms with Crippen LogP contribution in [0.1, 0.15) is 80.7 Å². The lowest BCUT2D eigenvalue weighted by Gasteiger charge is -2.19. The highest BCUT2D eigenvalue weighted by Crippen LogP contribution is 2.14. The highest BCUT2D eigenvalue weighted by atomic mass is 35.7. The van der Waals surface area contributed by atoms with Crippen molar-refractivity contribution in [1.29, 1.82) is 0 Å². The van der Waals surface area contributed by atoms with Gasteiger partial charge in [0.1, 0.15) is 11.2 Å². The van der Waals surface area contributed by atoms with Gasteiger partial charge in [-0.2, -0.15) is 0 Å². The van der Waals surface area contributed by atoms with Crippen LogP contribution in [0.3, 0.4) is 0 Å². The molecular weight excluding hydrogens is 536 g/mol. The molecule has 9 nitrogen and oxygen atoms in total. The Morgan fingerprint density at radius 1 is 0.816 bits per heavy atom. The van der Waals surface area contributed by atoms with Gasteiger partial charge in [0.2, 0.25) is 0 Å². The molecule has 0 aliphatic heterocycles. The highest BCUT2D eigenvalue weighted by Gasteiger charge is 2.16. The quantitative estimate of drug-likeness (QED) is 0.206. The van der Waals surface area contributed by atoms with Gasteiger partial charge in [-0.15, -0.1) is 0 Å². The molecule has 0 aromatic heterocycles. The second kappa shape index (κ2) is 21.1. The molecule has 0 aliphatic rings. The zero-order valence-electron chi connectivity index (χ0n) is 23.5. The summed E-state index contributed by atoms with van der Waals surface area (Å²) in [6.45, 7) is 16.7. The Bertz CT molecular complexity index is 820. The van der Waals surface area contributed by atoms with Crippen LogP contribution in [0, 0.1) is 6.92 Å². The van der Waals surface area contributed by atoms with Crippen molar-refractivity contribution < 1.29 is 42.1 Å². The fourth-order valence-electron chi connectivity index (χ4n) is 2.21. The maximum Gasteiger partial charge on any atom is 0.308 e. The normalized spacial score (nSPS) is 11.1. The maximum absolute atomic E-state index is 11.1. The minimum Gasteiger partial charge on any atom is -0.460 e. The molecule has 0 saturated heterocycles. The van der Waals surface area contributed by atoms with Gasteiger partial charge in [-0.25, -0.2) is 8.42 Å². The zero-order valence-corrected chi connectivity index (χ0v) is 25.0. The maximum atomic E-state index is 11.1. The summed E-state index contributed by atoms with van der Waals surface area (Å²) in [5.74, 6) is -0.464. The average molecular weight is 585 g/mol. The minimum atomic E-state index is -3.55. The highest BCUT2D eigenvalue weighted by molar-refractivity contribution is 8.13. The van der Waals surface area contributed by atoms with Gasteiger partial charge < -0.3 is 24.1 Å². The monoisotopic (exact) mass is 584 g/mol. The predicted octanol–water partition coefficient (Wildman–Crippen LogP) is 5.43. The van der Waals surface area contributed by atoms with Crippen LogP contribution in [0.25, 0.3) is 0 Å². The van der Waals surface area contributed by atoms with Gasteiger partial charge in [-0.05, 0) is 67.0 Å². The van der Waals surface area contributed by atoms with Crippen LogP contribution in [0.4, 0.5) is 0 Å². The molecule has 1 N–H and O–H groups in total. The molecule has 0 bridgehead atoms. The van der Waals surface area contributed by atoms with Gasteiger partial charge >= 0.3 is 11.9 Å². The molecule has 0 fully saturated rings. The summed E-state index contributed by atoms with van der Waals surface area (Å²) in [6.07, 6.45) is 1.56. The number of aliphatic hydroxyl groups is 1. The van der Waals surface area contributed by atoms with Crippen molar-refractivity contribution in [1.82, 2.24) is 0 Å². The fourth-order valence-corrected chi connectivity index (χ4v) is 2.98. The molecule has 11 heteroatoms. The second-order valence-corrected chi connectivity index (χ2v) is 12.4. The topological polar surface area (TPSA) is 125 Å². The van der Waals surface area contributed by atoms with Crippen molar-refractivity contribution in [3.05, 3.63) is 29.8 Å². The molecule has 1 aromatic rings. The average Bonchev–Trinajstić information content (AvgIpc) is 2.72. The van der Waals surface area contributed by atoms with Crippen LogP contribution in [-0.2, 0) is 37.6 Å². The summed E-state index contributed by atoms with van der Waals surface area (Å²) in [6, 6.07) is 6.37. The summed E-state index contributed by atoms with van der Waals surface area (Å²) in [4.78, 5) is 22.3. The zero-order chi connectivity index (χ0) is 29.1. The summed E-state index contributed by atoms with van der Waals surface area (Å²) >= 11 is 0. The molecule has 0 unspecified atom stereocenters. The molecule has 0 radical (unpaired) electrons. The standard InChI is InChI=1S/C10H20O3.C9H18O4.C7H7ClO2S.CH4/c1-5-7-12-8-6-9(11)13-10(2,3)4;1-9(2,3)13-8(11)4-6-12-7-5-10;1-6-2-4-7(5-3-6)11(8,9)10;/h5-8H2,1-4H3;10H,4-7H2,1-3H3;2-5H,1H3;1H4. The SMILES string of the molecule is C.CC(C)(C)OC(=O)CCOCCO.CCCOCCC(=O)OC(C)(C)C.Cc1ccc(S(=O)(=O)Cl)cc1. The first-order valence-corrected chi connectivity index (χ1v) is 14.4. The van der Waals surface area contributed by atoms with E-state index < -0.39 is 14.7 Å². The van der Waals surface area contributed by atoms with Crippen molar-refractivity contribution in [3.63, 3.8) is 0 Å². The third-order valence-corrected chi connectivity index (χ3v) is 5.00. The molecule has 0 atom stereocenters. The Morgan fingerprint density at radius 2 is 1.21 bits per heavy atom. The third-order valence-electron chi connectivity index (χ3n) is 3.63. The first kappa shape index (κ1) is 40.8. The first-order chi connectivity index (χ1) is 16.9. The van der Waals surface area contributed by atoms with Gasteiger partial charge in [0.05, 0.1) is 44.2 Å². The summed E-state index contributed by atoms with van der Waals surface area (Å²) in [7, 11) is 1.54. The number of benzene rings is 1. The molecule has 0 saturated carbocycles. The van der Waals surface area contributed by atoms with E-state index in [2.05, 4.69) is 0 Å². The van der Waals surface area contributed by atoms with Gasteiger partial charge in [0.25, 0.3) is 9.05 Å². The van der Waals surface area contributed by atoms with Crippen molar-refractivity contribution in [3.8, 4) is 0 Å². The molecule has 1 aromatic carbocycles. The number of halogens is 1. The Morgan fingerprint density at radius 3 is 1.53 bits per heavy atom. The number of aliphatic hydroxyl groups excluding tert-OH is 1. The predicted molar refractivity (Wildman–Crippen MR) is 151 cm³/mol. The van der Waals surface area contributed by atoms with Crippen LogP contribution < -0.4 is 0 Å². The number of carbonyl (C=O) groups excluding carboxylic acids is 2. The molecule has 1 rings (SSSR count). The Kier molecular flexibility index (Phi) is 22.7. The fraction of sp³-hybridized carbons (Fsp3) is 0.704. The number of carbonyl (C=O) groups is 2. The number of hydrogen-bond acceptors (Lipinski definition) is 9. The van der Waals surface area contributed by atoms with E-state index in [-0.39, 0.29) is 49.5 Å². The van der Waals surface area contributed by atoms with E-state index >= 15 is 0 Å². The first-order valence-electron chi connectivity index (χ1n) is 12.1. The van der Waals surface area contributed by atoms with Crippen molar-refractivity contribution in [2.75, 3.05) is 33.0 Å². The second-order valence-electron chi connectivity index (χ2n) is 9.87. The van der Waals surface area contributed by atoms with Gasteiger partial charge in [-0.3, -0.25) is 9.59 Å². The largest absolute Gasteiger partial charge is 0.460 e. The Hall–Kier alpha value is -1.72. The Labute approximate surface area is 234 Å². The number of hydrogen-bond donors (Lipinski definition) is 1. The number of rotatable bonds is 11. The van der Waals surface area contributed by atoms with E-state index in [0.717, 1.165) is 12.0 Å². The molecule has 0 amide bonds. The molecule has 224 valence electrons. The number of esters is 2. The smallest absolute Gasteiger partial charge is 0.308 e. The number of aryl methyl sites for hydroxylation is 1. The summed E-state index contributed by atoms with van der Waals surface area (Å²) in [5.41, 5.74) is 0.185. The van der Waals surface area contributed by atoms with E-state index in [4.69, 9.17) is 34.7 Å². The van der Waals surface area contributed by atoms with Gasteiger partial charge in [0, 0.05) is 17.3 Å². The molecular formula is C27H49ClO9S. The van der Waals surface area contributed by atoms with Crippen molar-refractivity contribution in [2.24, 2.45) is 0 Å². The third kappa shape index (κ3) is 28.8. The number of ether oxygens (including phenoxy) is 4. The van der Waals surface area contributed by atoms with Gasteiger partial charge in [-0.1, -0.05) is 32.0 Å². The summed E-state index contributed by atoms with van der Waals surface area (Å²) in [5, 5.41) is 8.38. The minimum absolute atomic E-state index is 0. The van der Waals surface area contributed by atoms with E-state index in [1.165, 1.54) is 12.1 Å². The van der Waals surface area contributed by atoms with E-state index in [1.54, 1.807) is 12.1 Å².